The minimum absolute atomic E-state index is 0.0329. The topological polar surface area (TPSA) is 41.1 Å². The molecule has 20 heavy (non-hydrogen) atoms. The summed E-state index contributed by atoms with van der Waals surface area (Å²) >= 11 is 5.65. The van der Waals surface area contributed by atoms with Crippen molar-refractivity contribution in [3.8, 4) is 0 Å². The van der Waals surface area contributed by atoms with Crippen molar-refractivity contribution < 1.29 is 4.79 Å². The number of hydrogen-bond donors (Lipinski definition) is 2. The maximum Gasteiger partial charge on any atom is 0.319 e. The van der Waals surface area contributed by atoms with E-state index in [0.29, 0.717) is 5.88 Å². The molecule has 0 saturated carbocycles. The molecule has 0 fully saturated rings. The number of alkyl halides is 1. The van der Waals surface area contributed by atoms with Crippen LogP contribution in [0.15, 0.2) is 24.3 Å². The molecule has 0 heterocycles. The van der Waals surface area contributed by atoms with Crippen molar-refractivity contribution in [1.29, 1.82) is 0 Å². The highest BCUT2D eigenvalue weighted by Crippen LogP contribution is 2.12. The van der Waals surface area contributed by atoms with E-state index in [1.807, 2.05) is 19.1 Å². The first-order valence-corrected chi connectivity index (χ1v) is 7.91. The fourth-order valence-electron chi connectivity index (χ4n) is 1.94. The van der Waals surface area contributed by atoms with Gasteiger partial charge in [-0.15, -0.1) is 11.6 Å². The summed E-state index contributed by atoms with van der Waals surface area (Å²) in [4.78, 5) is 11.6. The summed E-state index contributed by atoms with van der Waals surface area (Å²) in [6.45, 7) is 4.09. The average Bonchev–Trinajstić information content (AvgIpc) is 2.45. The van der Waals surface area contributed by atoms with E-state index >= 15 is 0 Å². The molecule has 0 unspecified atom stereocenters. The maximum atomic E-state index is 11.6. The average molecular weight is 297 g/mol. The lowest BCUT2D eigenvalue weighted by molar-refractivity contribution is 0.250. The van der Waals surface area contributed by atoms with Crippen LogP contribution in [0.3, 0.4) is 0 Å². The molecule has 2 amide bonds. The van der Waals surface area contributed by atoms with Crippen LogP contribution in [-0.4, -0.2) is 18.0 Å². The van der Waals surface area contributed by atoms with E-state index in [9.17, 15) is 4.79 Å². The Labute approximate surface area is 127 Å². The van der Waals surface area contributed by atoms with Gasteiger partial charge in [-0.05, 0) is 37.5 Å². The number of benzene rings is 1. The third-order valence-electron chi connectivity index (χ3n) is 3.14. The Hall–Kier alpha value is -1.22. The molecule has 112 valence electrons. The Bertz CT molecular complexity index is 392. The molecule has 3 nitrogen and oxygen atoms in total. The van der Waals surface area contributed by atoms with E-state index < -0.39 is 0 Å². The quantitative estimate of drug-likeness (QED) is 0.536. The number of aryl methyl sites for hydroxylation is 1. The van der Waals surface area contributed by atoms with Crippen molar-refractivity contribution in [2.24, 2.45) is 0 Å². The molecule has 0 radical (unpaired) electrons. The Morgan fingerprint density at radius 3 is 2.50 bits per heavy atom. The third-order valence-corrected chi connectivity index (χ3v) is 3.60. The zero-order valence-corrected chi connectivity index (χ0v) is 13.2. The number of hydrogen-bond acceptors (Lipinski definition) is 1. The van der Waals surface area contributed by atoms with Crippen molar-refractivity contribution in [2.45, 2.75) is 52.0 Å². The lowest BCUT2D eigenvalue weighted by Crippen LogP contribution is -2.37. The van der Waals surface area contributed by atoms with E-state index in [1.54, 1.807) is 0 Å². The molecule has 0 aliphatic heterocycles. The van der Waals surface area contributed by atoms with Crippen molar-refractivity contribution in [3.63, 3.8) is 0 Å². The van der Waals surface area contributed by atoms with Crippen LogP contribution in [0.4, 0.5) is 10.5 Å². The van der Waals surface area contributed by atoms with Gasteiger partial charge in [-0.25, -0.2) is 4.79 Å². The highest BCUT2D eigenvalue weighted by atomic mass is 35.5. The Morgan fingerprint density at radius 1 is 1.20 bits per heavy atom. The summed E-state index contributed by atoms with van der Waals surface area (Å²) in [6, 6.07) is 7.79. The van der Waals surface area contributed by atoms with Crippen LogP contribution in [0.25, 0.3) is 0 Å². The van der Waals surface area contributed by atoms with Crippen molar-refractivity contribution in [2.75, 3.05) is 11.2 Å². The molecule has 2 N–H and O–H groups in total. The monoisotopic (exact) mass is 296 g/mol. The van der Waals surface area contributed by atoms with Gasteiger partial charge in [0.15, 0.2) is 0 Å². The summed E-state index contributed by atoms with van der Waals surface area (Å²) in [5, 5.41) is 5.56. The van der Waals surface area contributed by atoms with Gasteiger partial charge in [-0.3, -0.25) is 0 Å². The molecule has 4 heteroatoms. The molecule has 1 rings (SSSR count). The number of rotatable bonds is 8. The molecular weight excluding hydrogens is 272 g/mol. The predicted octanol–water partition coefficient (Wildman–Crippen LogP) is 4.56. The summed E-state index contributed by atoms with van der Waals surface area (Å²) in [5.41, 5.74) is 2.13. The minimum Gasteiger partial charge on any atom is -0.334 e. The molecule has 1 aromatic carbocycles. The second-order valence-corrected chi connectivity index (χ2v) is 5.47. The van der Waals surface area contributed by atoms with E-state index in [2.05, 4.69) is 29.7 Å². The molecule has 1 atom stereocenters. The van der Waals surface area contributed by atoms with Gasteiger partial charge in [-0.1, -0.05) is 38.3 Å². The number of carbonyl (C=O) groups is 1. The van der Waals surface area contributed by atoms with Gasteiger partial charge < -0.3 is 10.6 Å². The van der Waals surface area contributed by atoms with E-state index in [4.69, 9.17) is 11.6 Å². The van der Waals surface area contributed by atoms with Crippen LogP contribution >= 0.6 is 11.6 Å². The molecule has 0 aliphatic carbocycles. The lowest BCUT2D eigenvalue weighted by Gasteiger charge is -2.12. The first-order valence-electron chi connectivity index (χ1n) is 7.38. The van der Waals surface area contributed by atoms with E-state index in [0.717, 1.165) is 12.1 Å². The van der Waals surface area contributed by atoms with Crippen LogP contribution in [0.5, 0.6) is 0 Å². The van der Waals surface area contributed by atoms with Crippen LogP contribution < -0.4 is 10.6 Å². The van der Waals surface area contributed by atoms with Crippen LogP contribution in [-0.2, 0) is 6.42 Å². The smallest absolute Gasteiger partial charge is 0.319 e. The Balaban J connectivity index is 2.36. The van der Waals surface area contributed by atoms with Gasteiger partial charge in [0, 0.05) is 17.6 Å². The zero-order valence-electron chi connectivity index (χ0n) is 12.4. The number of nitrogens with one attached hydrogen (secondary N) is 2. The van der Waals surface area contributed by atoms with E-state index in [-0.39, 0.29) is 12.1 Å². The predicted molar refractivity (Wildman–Crippen MR) is 86.6 cm³/mol. The second-order valence-electron chi connectivity index (χ2n) is 5.16. The fraction of sp³-hybridized carbons (Fsp3) is 0.562. The number of halogens is 1. The van der Waals surface area contributed by atoms with Gasteiger partial charge in [0.25, 0.3) is 0 Å². The largest absolute Gasteiger partial charge is 0.334 e. The highest BCUT2D eigenvalue weighted by Gasteiger charge is 2.05. The Kier molecular flexibility index (Phi) is 8.12. The molecule has 0 spiro atoms. The summed E-state index contributed by atoms with van der Waals surface area (Å²) in [6.07, 6.45) is 6.19. The fourth-order valence-corrected chi connectivity index (χ4v) is 2.02. The first kappa shape index (κ1) is 16.8. The van der Waals surface area contributed by atoms with Gasteiger partial charge in [-0.2, -0.15) is 0 Å². The first-order chi connectivity index (χ1) is 9.65. The molecule has 0 saturated heterocycles. The normalized spacial score (nSPS) is 11.9. The SMILES string of the molecule is CCCCCCc1ccc(NC(=O)N[C@H](C)CCl)cc1. The van der Waals surface area contributed by atoms with Gasteiger partial charge >= 0.3 is 6.03 Å². The zero-order chi connectivity index (χ0) is 14.8. The van der Waals surface area contributed by atoms with Crippen molar-refractivity contribution in [1.82, 2.24) is 5.32 Å². The van der Waals surface area contributed by atoms with Gasteiger partial charge in [0.2, 0.25) is 0 Å². The molecular formula is C16H25ClN2O. The van der Waals surface area contributed by atoms with Gasteiger partial charge in [0.1, 0.15) is 0 Å². The molecule has 0 bridgehead atoms. The van der Waals surface area contributed by atoms with Crippen LogP contribution in [0.2, 0.25) is 0 Å². The highest BCUT2D eigenvalue weighted by molar-refractivity contribution is 6.18. The number of carbonyl (C=O) groups excluding carboxylic acids is 1. The van der Waals surface area contributed by atoms with Crippen LogP contribution in [0, 0.1) is 0 Å². The van der Waals surface area contributed by atoms with Crippen LogP contribution in [0.1, 0.15) is 45.1 Å². The summed E-state index contributed by atoms with van der Waals surface area (Å²) < 4.78 is 0. The van der Waals surface area contributed by atoms with Crippen molar-refractivity contribution in [3.05, 3.63) is 29.8 Å². The number of unbranched alkanes of at least 4 members (excludes halogenated alkanes) is 3. The lowest BCUT2D eigenvalue weighted by atomic mass is 10.1. The second kappa shape index (κ2) is 9.65. The van der Waals surface area contributed by atoms with Gasteiger partial charge in [0.05, 0.1) is 0 Å². The standard InChI is InChI=1S/C16H25ClN2O/c1-3-4-5-6-7-14-8-10-15(11-9-14)19-16(20)18-13(2)12-17/h8-11,13H,3-7,12H2,1-2H3,(H2,18,19,20)/t13-/m1/s1. The minimum atomic E-state index is -0.214. The third kappa shape index (κ3) is 6.80. The molecule has 0 aliphatic rings. The number of urea groups is 1. The summed E-state index contributed by atoms with van der Waals surface area (Å²) in [5.74, 6) is 0.407. The maximum absolute atomic E-state index is 11.6. The number of anilines is 1. The molecule has 1 aromatic rings. The Morgan fingerprint density at radius 2 is 1.90 bits per heavy atom. The summed E-state index contributed by atoms with van der Waals surface area (Å²) in [7, 11) is 0. The van der Waals surface area contributed by atoms with E-state index in [1.165, 1.54) is 31.2 Å². The number of amides is 2. The van der Waals surface area contributed by atoms with Crippen molar-refractivity contribution >= 4 is 23.3 Å². The molecule has 0 aromatic heterocycles.